The largest absolute Gasteiger partial charge is 0.328 e. The maximum absolute atomic E-state index is 5.92. The lowest BCUT2D eigenvalue weighted by molar-refractivity contribution is 0.224. The van der Waals surface area contributed by atoms with Crippen molar-refractivity contribution in [2.24, 2.45) is 11.7 Å². The fourth-order valence-corrected chi connectivity index (χ4v) is 1.84. The minimum Gasteiger partial charge on any atom is -0.328 e. The summed E-state index contributed by atoms with van der Waals surface area (Å²) in [6, 6.07) is 0. The standard InChI is InChI=1S/C12H23N3/c1-5-6-11-7-14-9-15(11)12(4,8-13)10(2)3/h7,9-10H,5-6,8,13H2,1-4H3. The number of aromatic nitrogens is 2. The van der Waals surface area contributed by atoms with Gasteiger partial charge >= 0.3 is 0 Å². The molecule has 0 aliphatic heterocycles. The number of hydrogen-bond donors (Lipinski definition) is 1. The summed E-state index contributed by atoms with van der Waals surface area (Å²) >= 11 is 0. The van der Waals surface area contributed by atoms with Crippen molar-refractivity contribution in [1.82, 2.24) is 9.55 Å². The summed E-state index contributed by atoms with van der Waals surface area (Å²) in [5.41, 5.74) is 7.19. The van der Waals surface area contributed by atoms with E-state index in [2.05, 4.69) is 37.2 Å². The van der Waals surface area contributed by atoms with Gasteiger partial charge in [-0.15, -0.1) is 0 Å². The van der Waals surface area contributed by atoms with E-state index in [0.717, 1.165) is 12.8 Å². The molecule has 0 saturated heterocycles. The molecule has 0 aliphatic carbocycles. The first-order valence-corrected chi connectivity index (χ1v) is 5.78. The van der Waals surface area contributed by atoms with Crippen LogP contribution >= 0.6 is 0 Å². The van der Waals surface area contributed by atoms with Crippen molar-refractivity contribution < 1.29 is 0 Å². The molecule has 1 aromatic heterocycles. The first-order valence-electron chi connectivity index (χ1n) is 5.78. The Kier molecular flexibility index (Phi) is 3.91. The van der Waals surface area contributed by atoms with Gasteiger partial charge in [0.2, 0.25) is 0 Å². The van der Waals surface area contributed by atoms with Crippen molar-refractivity contribution in [3.05, 3.63) is 18.2 Å². The van der Waals surface area contributed by atoms with Crippen LogP contribution in [0.5, 0.6) is 0 Å². The van der Waals surface area contributed by atoms with Crippen molar-refractivity contribution in [2.45, 2.75) is 46.1 Å². The van der Waals surface area contributed by atoms with Crippen LogP contribution in [0.2, 0.25) is 0 Å². The number of rotatable bonds is 5. The van der Waals surface area contributed by atoms with E-state index in [1.54, 1.807) is 0 Å². The second-order valence-corrected chi connectivity index (χ2v) is 4.72. The van der Waals surface area contributed by atoms with Crippen LogP contribution in [0.25, 0.3) is 0 Å². The molecule has 2 N–H and O–H groups in total. The molecule has 0 bridgehead atoms. The summed E-state index contributed by atoms with van der Waals surface area (Å²) in [6.45, 7) is 9.47. The molecule has 0 amide bonds. The number of imidazole rings is 1. The number of aryl methyl sites for hydroxylation is 1. The molecule has 1 heterocycles. The molecule has 1 atom stereocenters. The molecule has 1 rings (SSSR count). The van der Waals surface area contributed by atoms with E-state index in [0.29, 0.717) is 12.5 Å². The Morgan fingerprint density at radius 2 is 2.20 bits per heavy atom. The number of hydrogen-bond acceptors (Lipinski definition) is 2. The van der Waals surface area contributed by atoms with E-state index in [4.69, 9.17) is 5.73 Å². The second kappa shape index (κ2) is 4.79. The molecule has 86 valence electrons. The van der Waals surface area contributed by atoms with Crippen LogP contribution in [0.15, 0.2) is 12.5 Å². The van der Waals surface area contributed by atoms with Gasteiger partial charge < -0.3 is 10.3 Å². The third kappa shape index (κ3) is 2.23. The van der Waals surface area contributed by atoms with Gasteiger partial charge in [-0.2, -0.15) is 0 Å². The van der Waals surface area contributed by atoms with E-state index in [1.165, 1.54) is 5.69 Å². The Hall–Kier alpha value is -0.830. The molecule has 0 saturated carbocycles. The zero-order valence-electron chi connectivity index (χ0n) is 10.3. The van der Waals surface area contributed by atoms with Crippen LogP contribution in [-0.2, 0) is 12.0 Å². The van der Waals surface area contributed by atoms with Crippen LogP contribution in [0.3, 0.4) is 0 Å². The Bertz CT molecular complexity index is 304. The van der Waals surface area contributed by atoms with Gasteiger partial charge in [0.15, 0.2) is 0 Å². The van der Waals surface area contributed by atoms with Crippen LogP contribution < -0.4 is 5.73 Å². The molecule has 1 unspecified atom stereocenters. The highest BCUT2D eigenvalue weighted by Crippen LogP contribution is 2.26. The average Bonchev–Trinajstić information content (AvgIpc) is 2.65. The highest BCUT2D eigenvalue weighted by Gasteiger charge is 2.29. The summed E-state index contributed by atoms with van der Waals surface area (Å²) in [4.78, 5) is 4.24. The molecule has 0 radical (unpaired) electrons. The smallest absolute Gasteiger partial charge is 0.0953 e. The van der Waals surface area contributed by atoms with Gasteiger partial charge in [0.1, 0.15) is 0 Å². The Morgan fingerprint density at radius 1 is 1.53 bits per heavy atom. The maximum Gasteiger partial charge on any atom is 0.0953 e. The molecular formula is C12H23N3. The van der Waals surface area contributed by atoms with Crippen LogP contribution in [0, 0.1) is 5.92 Å². The first kappa shape index (κ1) is 12.2. The predicted octanol–water partition coefficient (Wildman–Crippen LogP) is 2.17. The summed E-state index contributed by atoms with van der Waals surface area (Å²) in [5, 5.41) is 0. The summed E-state index contributed by atoms with van der Waals surface area (Å²) in [6.07, 6.45) is 6.09. The van der Waals surface area contributed by atoms with Gasteiger partial charge in [0.25, 0.3) is 0 Å². The molecule has 0 fully saturated rings. The molecule has 0 aromatic carbocycles. The van der Waals surface area contributed by atoms with Gasteiger partial charge in [-0.25, -0.2) is 4.98 Å². The van der Waals surface area contributed by atoms with Gasteiger partial charge in [0.05, 0.1) is 11.9 Å². The Labute approximate surface area is 92.7 Å². The fraction of sp³-hybridized carbons (Fsp3) is 0.750. The lowest BCUT2D eigenvalue weighted by Crippen LogP contribution is -2.43. The Balaban J connectivity index is 3.06. The van der Waals surface area contributed by atoms with Crippen molar-refractivity contribution in [2.75, 3.05) is 6.54 Å². The van der Waals surface area contributed by atoms with E-state index in [9.17, 15) is 0 Å². The molecule has 3 heteroatoms. The van der Waals surface area contributed by atoms with Crippen molar-refractivity contribution >= 4 is 0 Å². The summed E-state index contributed by atoms with van der Waals surface area (Å²) < 4.78 is 2.25. The second-order valence-electron chi connectivity index (χ2n) is 4.72. The molecule has 1 aromatic rings. The summed E-state index contributed by atoms with van der Waals surface area (Å²) in [7, 11) is 0. The quantitative estimate of drug-likeness (QED) is 0.807. The summed E-state index contributed by atoms with van der Waals surface area (Å²) in [5.74, 6) is 0.507. The lowest BCUT2D eigenvalue weighted by atomic mass is 9.88. The molecule has 15 heavy (non-hydrogen) atoms. The molecule has 3 nitrogen and oxygen atoms in total. The topological polar surface area (TPSA) is 43.8 Å². The van der Waals surface area contributed by atoms with Gasteiger partial charge in [0, 0.05) is 18.4 Å². The first-order chi connectivity index (χ1) is 7.06. The molecule has 0 aliphatic rings. The van der Waals surface area contributed by atoms with E-state index in [1.807, 2.05) is 12.5 Å². The van der Waals surface area contributed by atoms with E-state index < -0.39 is 0 Å². The van der Waals surface area contributed by atoms with Crippen molar-refractivity contribution in [3.8, 4) is 0 Å². The average molecular weight is 209 g/mol. The highest BCUT2D eigenvalue weighted by molar-refractivity contribution is 5.05. The monoisotopic (exact) mass is 209 g/mol. The van der Waals surface area contributed by atoms with Gasteiger partial charge in [-0.05, 0) is 19.3 Å². The predicted molar refractivity (Wildman–Crippen MR) is 63.8 cm³/mol. The van der Waals surface area contributed by atoms with Crippen LogP contribution in [-0.4, -0.2) is 16.1 Å². The van der Waals surface area contributed by atoms with Crippen LogP contribution in [0.1, 0.15) is 39.8 Å². The van der Waals surface area contributed by atoms with E-state index >= 15 is 0 Å². The number of nitrogens with two attached hydrogens (primary N) is 1. The fourth-order valence-electron chi connectivity index (χ4n) is 1.84. The Morgan fingerprint density at radius 3 is 2.67 bits per heavy atom. The van der Waals surface area contributed by atoms with Crippen LogP contribution in [0.4, 0.5) is 0 Å². The molecular weight excluding hydrogens is 186 g/mol. The zero-order chi connectivity index (χ0) is 11.5. The van der Waals surface area contributed by atoms with Gasteiger partial charge in [-0.1, -0.05) is 27.2 Å². The lowest BCUT2D eigenvalue weighted by Gasteiger charge is -2.35. The maximum atomic E-state index is 5.92. The third-order valence-electron chi connectivity index (χ3n) is 3.43. The number of nitrogens with zero attached hydrogens (tertiary/aromatic N) is 2. The minimum atomic E-state index is -0.0129. The van der Waals surface area contributed by atoms with Crippen molar-refractivity contribution in [3.63, 3.8) is 0 Å². The molecule has 0 spiro atoms. The highest BCUT2D eigenvalue weighted by atomic mass is 15.1. The van der Waals surface area contributed by atoms with Crippen molar-refractivity contribution in [1.29, 1.82) is 0 Å². The zero-order valence-corrected chi connectivity index (χ0v) is 10.3. The SMILES string of the molecule is CCCc1cncn1C(C)(CN)C(C)C. The minimum absolute atomic E-state index is 0.0129. The normalized spacial score (nSPS) is 15.6. The van der Waals surface area contributed by atoms with Gasteiger partial charge in [-0.3, -0.25) is 0 Å². The third-order valence-corrected chi connectivity index (χ3v) is 3.43. The van der Waals surface area contributed by atoms with E-state index in [-0.39, 0.29) is 5.54 Å².